The molecule has 0 saturated heterocycles. The Labute approximate surface area is 113 Å². The molecule has 1 aliphatic rings. The summed E-state index contributed by atoms with van der Waals surface area (Å²) < 4.78 is 5.24. The molecule has 2 N–H and O–H groups in total. The fourth-order valence-electron chi connectivity index (χ4n) is 3.24. The van der Waals surface area contributed by atoms with Crippen molar-refractivity contribution in [3.05, 3.63) is 0 Å². The van der Waals surface area contributed by atoms with Crippen LogP contribution in [0, 0.1) is 5.92 Å². The molecule has 18 heavy (non-hydrogen) atoms. The number of methoxy groups -OCH3 is 1. The van der Waals surface area contributed by atoms with Gasteiger partial charge in [0.2, 0.25) is 0 Å². The van der Waals surface area contributed by atoms with Crippen molar-refractivity contribution in [1.82, 2.24) is 4.90 Å². The third kappa shape index (κ3) is 4.87. The lowest BCUT2D eigenvalue weighted by molar-refractivity contribution is 0.104. The SMILES string of the molecule is CCC(CC)N(CCOC)CC(N)C1CCCC1. The van der Waals surface area contributed by atoms with Crippen LogP contribution in [0.1, 0.15) is 52.4 Å². The van der Waals surface area contributed by atoms with Gasteiger partial charge < -0.3 is 10.5 Å². The molecule has 1 fully saturated rings. The van der Waals surface area contributed by atoms with Crippen LogP contribution < -0.4 is 5.73 Å². The molecule has 1 rings (SSSR count). The first-order chi connectivity index (χ1) is 8.72. The molecule has 1 atom stereocenters. The normalized spacial score (nSPS) is 19.0. The van der Waals surface area contributed by atoms with Crippen LogP contribution in [0.4, 0.5) is 0 Å². The van der Waals surface area contributed by atoms with Gasteiger partial charge >= 0.3 is 0 Å². The average molecular weight is 256 g/mol. The summed E-state index contributed by atoms with van der Waals surface area (Å²) in [6.45, 7) is 7.42. The van der Waals surface area contributed by atoms with Crippen LogP contribution in [-0.4, -0.2) is 43.8 Å². The fraction of sp³-hybridized carbons (Fsp3) is 1.00. The Hall–Kier alpha value is -0.120. The predicted molar refractivity (Wildman–Crippen MR) is 77.8 cm³/mol. The van der Waals surface area contributed by atoms with E-state index in [1.165, 1.54) is 38.5 Å². The van der Waals surface area contributed by atoms with E-state index in [0.29, 0.717) is 12.1 Å². The zero-order valence-corrected chi connectivity index (χ0v) is 12.5. The number of hydrogen-bond donors (Lipinski definition) is 1. The number of hydrogen-bond acceptors (Lipinski definition) is 3. The summed E-state index contributed by atoms with van der Waals surface area (Å²) >= 11 is 0. The first-order valence-corrected chi connectivity index (χ1v) is 7.71. The van der Waals surface area contributed by atoms with Crippen molar-refractivity contribution in [2.24, 2.45) is 11.7 Å². The van der Waals surface area contributed by atoms with Crippen molar-refractivity contribution in [2.45, 2.75) is 64.5 Å². The highest BCUT2D eigenvalue weighted by Gasteiger charge is 2.25. The summed E-state index contributed by atoms with van der Waals surface area (Å²) in [5.74, 6) is 0.754. The van der Waals surface area contributed by atoms with Crippen molar-refractivity contribution < 1.29 is 4.74 Å². The summed E-state index contributed by atoms with van der Waals surface area (Å²) in [5.41, 5.74) is 6.42. The Balaban J connectivity index is 2.47. The number of nitrogens with two attached hydrogens (primary N) is 1. The van der Waals surface area contributed by atoms with Crippen LogP contribution >= 0.6 is 0 Å². The topological polar surface area (TPSA) is 38.5 Å². The molecule has 0 heterocycles. The van der Waals surface area contributed by atoms with Crippen LogP contribution in [0.25, 0.3) is 0 Å². The highest BCUT2D eigenvalue weighted by molar-refractivity contribution is 4.82. The summed E-state index contributed by atoms with van der Waals surface area (Å²) in [7, 11) is 1.78. The summed E-state index contributed by atoms with van der Waals surface area (Å²) in [6, 6.07) is 1.01. The second-order valence-corrected chi connectivity index (χ2v) is 5.67. The third-order valence-electron chi connectivity index (χ3n) is 4.49. The maximum absolute atomic E-state index is 6.42. The van der Waals surface area contributed by atoms with Crippen molar-refractivity contribution >= 4 is 0 Å². The zero-order valence-electron chi connectivity index (χ0n) is 12.5. The standard InChI is InChI=1S/C15H32N2O/c1-4-14(5-2)17(10-11-18-3)12-15(16)13-8-6-7-9-13/h13-15H,4-12,16H2,1-3H3. The highest BCUT2D eigenvalue weighted by Crippen LogP contribution is 2.27. The summed E-state index contributed by atoms with van der Waals surface area (Å²) in [6.07, 6.45) is 7.84. The van der Waals surface area contributed by atoms with Crippen molar-refractivity contribution in [2.75, 3.05) is 26.8 Å². The van der Waals surface area contributed by atoms with Gasteiger partial charge in [0.05, 0.1) is 6.61 Å². The number of rotatable bonds is 9. The molecule has 0 spiro atoms. The van der Waals surface area contributed by atoms with E-state index in [0.717, 1.165) is 25.6 Å². The Morgan fingerprint density at radius 1 is 1.22 bits per heavy atom. The van der Waals surface area contributed by atoms with Crippen molar-refractivity contribution in [3.63, 3.8) is 0 Å². The minimum atomic E-state index is 0.352. The van der Waals surface area contributed by atoms with Crippen LogP contribution in [0.3, 0.4) is 0 Å². The average Bonchev–Trinajstić information content (AvgIpc) is 2.90. The van der Waals surface area contributed by atoms with E-state index < -0.39 is 0 Å². The van der Waals surface area contributed by atoms with Crippen LogP contribution in [0.5, 0.6) is 0 Å². The largest absolute Gasteiger partial charge is 0.383 e. The van der Waals surface area contributed by atoms with Gasteiger partial charge in [0.15, 0.2) is 0 Å². The van der Waals surface area contributed by atoms with Gasteiger partial charge in [-0.3, -0.25) is 4.90 Å². The Bertz CT molecular complexity index is 201. The van der Waals surface area contributed by atoms with Gasteiger partial charge in [0, 0.05) is 32.3 Å². The summed E-state index contributed by atoms with van der Waals surface area (Å²) in [4.78, 5) is 2.55. The molecule has 1 saturated carbocycles. The molecular weight excluding hydrogens is 224 g/mol. The van der Waals surface area contributed by atoms with E-state index in [2.05, 4.69) is 18.7 Å². The fourth-order valence-corrected chi connectivity index (χ4v) is 3.24. The van der Waals surface area contributed by atoms with Crippen molar-refractivity contribution in [3.8, 4) is 0 Å². The van der Waals surface area contributed by atoms with Gasteiger partial charge in [0.25, 0.3) is 0 Å². The molecule has 0 aromatic rings. The molecule has 0 bridgehead atoms. The van der Waals surface area contributed by atoms with Crippen LogP contribution in [0.2, 0.25) is 0 Å². The van der Waals surface area contributed by atoms with Crippen molar-refractivity contribution in [1.29, 1.82) is 0 Å². The van der Waals surface area contributed by atoms with E-state index in [4.69, 9.17) is 10.5 Å². The molecule has 1 aliphatic carbocycles. The Morgan fingerprint density at radius 3 is 2.33 bits per heavy atom. The number of ether oxygens (including phenoxy) is 1. The van der Waals surface area contributed by atoms with Crippen LogP contribution in [-0.2, 0) is 4.74 Å². The first kappa shape index (κ1) is 15.9. The lowest BCUT2D eigenvalue weighted by Crippen LogP contribution is -2.47. The Morgan fingerprint density at radius 2 is 1.83 bits per heavy atom. The minimum Gasteiger partial charge on any atom is -0.383 e. The predicted octanol–water partition coefficient (Wildman–Crippen LogP) is 2.64. The third-order valence-corrected chi connectivity index (χ3v) is 4.49. The molecule has 0 radical (unpaired) electrons. The number of nitrogens with zero attached hydrogens (tertiary/aromatic N) is 1. The second-order valence-electron chi connectivity index (χ2n) is 5.67. The van der Waals surface area contributed by atoms with Gasteiger partial charge in [-0.2, -0.15) is 0 Å². The van der Waals surface area contributed by atoms with E-state index in [9.17, 15) is 0 Å². The maximum atomic E-state index is 6.42. The Kier molecular flexibility index (Phi) is 7.87. The van der Waals surface area contributed by atoms with Gasteiger partial charge in [-0.1, -0.05) is 26.7 Å². The second kappa shape index (κ2) is 8.89. The summed E-state index contributed by atoms with van der Waals surface area (Å²) in [5, 5.41) is 0. The molecule has 108 valence electrons. The van der Waals surface area contributed by atoms with Gasteiger partial charge in [-0.15, -0.1) is 0 Å². The molecule has 3 heteroatoms. The monoisotopic (exact) mass is 256 g/mol. The molecule has 0 aromatic heterocycles. The maximum Gasteiger partial charge on any atom is 0.0589 e. The molecular formula is C15H32N2O. The molecule has 3 nitrogen and oxygen atoms in total. The van der Waals surface area contributed by atoms with E-state index in [1.807, 2.05) is 0 Å². The molecule has 1 unspecified atom stereocenters. The lowest BCUT2D eigenvalue weighted by Gasteiger charge is -2.34. The molecule has 0 aromatic carbocycles. The van der Waals surface area contributed by atoms with Crippen LogP contribution in [0.15, 0.2) is 0 Å². The van der Waals surface area contributed by atoms with Gasteiger partial charge in [-0.05, 0) is 31.6 Å². The molecule has 0 amide bonds. The quantitative estimate of drug-likeness (QED) is 0.689. The zero-order chi connectivity index (χ0) is 13.4. The van der Waals surface area contributed by atoms with Gasteiger partial charge in [-0.25, -0.2) is 0 Å². The highest BCUT2D eigenvalue weighted by atomic mass is 16.5. The molecule has 0 aliphatic heterocycles. The van der Waals surface area contributed by atoms with E-state index in [-0.39, 0.29) is 0 Å². The minimum absolute atomic E-state index is 0.352. The van der Waals surface area contributed by atoms with Gasteiger partial charge in [0.1, 0.15) is 0 Å². The lowest BCUT2D eigenvalue weighted by atomic mass is 9.97. The first-order valence-electron chi connectivity index (χ1n) is 7.71. The van der Waals surface area contributed by atoms with E-state index >= 15 is 0 Å². The smallest absolute Gasteiger partial charge is 0.0589 e. The van der Waals surface area contributed by atoms with E-state index in [1.54, 1.807) is 7.11 Å².